The molecule has 0 aromatic heterocycles. The van der Waals surface area contributed by atoms with Crippen molar-refractivity contribution in [3.8, 4) is 0 Å². The monoisotopic (exact) mass is 778 g/mol. The Morgan fingerprint density at radius 1 is 0.810 bits per heavy atom. The van der Waals surface area contributed by atoms with Gasteiger partial charge in [0.05, 0.1) is 47.7 Å². The Hall–Kier alpha value is -6.24. The highest BCUT2D eigenvalue weighted by Crippen LogP contribution is 2.47. The SMILES string of the molecule is C[C@@H](/C=C/CC(=O)N1CCC[C@H]1CO)[C@]1(O)C(=O)N(Cc2cccc(N3N=C(c4ccccc4)CCC3=O)c2)c2ccc(N3N=C(c4ccccc4)CCC3=O)cc21. The molecular formula is C46H46N6O6. The number of carbonyl (C=O) groups is 4. The molecule has 4 aliphatic heterocycles. The minimum Gasteiger partial charge on any atom is -0.394 e. The highest BCUT2D eigenvalue weighted by atomic mass is 16.3. The zero-order chi connectivity index (χ0) is 40.4. The normalized spacial score (nSPS) is 21.4. The van der Waals surface area contributed by atoms with E-state index < -0.39 is 17.4 Å². The Balaban J connectivity index is 1.12. The minimum absolute atomic E-state index is 0.0530. The zero-order valence-corrected chi connectivity index (χ0v) is 32.4. The van der Waals surface area contributed by atoms with Crippen LogP contribution < -0.4 is 14.9 Å². The first-order chi connectivity index (χ1) is 28.1. The standard InChI is InChI=1S/C46H46N6O6/c1-31(11-8-19-42(54)49-26-10-18-37(49)30-53)46(58)38-28-36(52-44(56)25-22-40(48-52)34-15-6-3-7-16-34)20-23-41(38)50(45(46)57)29-32-12-9-17-35(27-32)51-43(55)24-21-39(47-51)33-13-4-2-5-14-33/h2-9,11-17,20,23,27-28,31,37,53,58H,10,18-19,21-22,24-26,29-30H2,1H3/b11-8+/t31-,37-,46+/m0/s1. The van der Waals surface area contributed by atoms with E-state index in [1.165, 1.54) is 14.9 Å². The van der Waals surface area contributed by atoms with Crippen molar-refractivity contribution in [3.63, 3.8) is 0 Å². The fraction of sp³-hybridized carbons (Fsp3) is 0.304. The van der Waals surface area contributed by atoms with Gasteiger partial charge in [0.1, 0.15) is 0 Å². The van der Waals surface area contributed by atoms with Crippen molar-refractivity contribution in [2.45, 2.75) is 70.1 Å². The van der Waals surface area contributed by atoms with Gasteiger partial charge >= 0.3 is 0 Å². The van der Waals surface area contributed by atoms with Gasteiger partial charge in [0.2, 0.25) is 17.7 Å². The summed E-state index contributed by atoms with van der Waals surface area (Å²) in [7, 11) is 0. The summed E-state index contributed by atoms with van der Waals surface area (Å²) in [6.45, 7) is 2.29. The lowest BCUT2D eigenvalue weighted by atomic mass is 9.82. The van der Waals surface area contributed by atoms with E-state index in [9.17, 15) is 29.4 Å². The summed E-state index contributed by atoms with van der Waals surface area (Å²) >= 11 is 0. The Morgan fingerprint density at radius 2 is 1.43 bits per heavy atom. The maximum absolute atomic E-state index is 14.7. The second-order valence-corrected chi connectivity index (χ2v) is 15.3. The van der Waals surface area contributed by atoms with E-state index in [4.69, 9.17) is 10.2 Å². The van der Waals surface area contributed by atoms with Crippen LogP contribution in [0.3, 0.4) is 0 Å². The summed E-state index contributed by atoms with van der Waals surface area (Å²) in [6, 6.07) is 31.6. The molecule has 1 fully saturated rings. The van der Waals surface area contributed by atoms with Crippen molar-refractivity contribution in [3.05, 3.63) is 138 Å². The van der Waals surface area contributed by atoms with Crippen molar-refractivity contribution >= 4 is 52.1 Å². The van der Waals surface area contributed by atoms with Crippen LogP contribution in [-0.2, 0) is 31.3 Å². The number of nitrogens with zero attached hydrogens (tertiary/aromatic N) is 6. The molecule has 0 bridgehead atoms. The molecule has 4 aliphatic rings. The number of aliphatic hydroxyl groups excluding tert-OH is 1. The van der Waals surface area contributed by atoms with Gasteiger partial charge in [0, 0.05) is 50.1 Å². The number of benzene rings is 4. The molecule has 58 heavy (non-hydrogen) atoms. The third-order valence-electron chi connectivity index (χ3n) is 11.6. The second kappa shape index (κ2) is 16.3. The van der Waals surface area contributed by atoms with Gasteiger partial charge < -0.3 is 20.0 Å². The number of anilines is 3. The highest BCUT2D eigenvalue weighted by Gasteiger charge is 2.53. The maximum atomic E-state index is 14.7. The molecule has 0 spiro atoms. The highest BCUT2D eigenvalue weighted by molar-refractivity contribution is 6.11. The minimum atomic E-state index is -2.06. The third-order valence-corrected chi connectivity index (χ3v) is 11.6. The molecule has 12 nitrogen and oxygen atoms in total. The van der Waals surface area contributed by atoms with E-state index >= 15 is 0 Å². The summed E-state index contributed by atoms with van der Waals surface area (Å²) in [5, 5.41) is 34.6. The van der Waals surface area contributed by atoms with Gasteiger partial charge in [-0.1, -0.05) is 91.9 Å². The van der Waals surface area contributed by atoms with Crippen molar-refractivity contribution < 1.29 is 29.4 Å². The van der Waals surface area contributed by atoms with Crippen LogP contribution in [0.25, 0.3) is 0 Å². The van der Waals surface area contributed by atoms with Crippen molar-refractivity contribution in [1.82, 2.24) is 4.90 Å². The molecule has 0 aliphatic carbocycles. The molecule has 1 saturated heterocycles. The summed E-state index contributed by atoms with van der Waals surface area (Å²) in [6.07, 6.45) is 6.55. The van der Waals surface area contributed by atoms with Crippen LogP contribution in [0.1, 0.15) is 74.1 Å². The molecule has 4 aromatic rings. The predicted molar refractivity (Wildman–Crippen MR) is 222 cm³/mol. The second-order valence-electron chi connectivity index (χ2n) is 15.3. The number of fused-ring (bicyclic) bond motifs is 1. The molecule has 2 N–H and O–H groups in total. The smallest absolute Gasteiger partial charge is 0.264 e. The van der Waals surface area contributed by atoms with Crippen LogP contribution in [0.2, 0.25) is 0 Å². The van der Waals surface area contributed by atoms with E-state index in [1.807, 2.05) is 78.9 Å². The maximum Gasteiger partial charge on any atom is 0.264 e. The van der Waals surface area contributed by atoms with E-state index in [0.717, 1.165) is 35.4 Å². The average Bonchev–Trinajstić information content (AvgIpc) is 3.83. The number of likely N-dealkylation sites (tertiary alicyclic amines) is 1. The van der Waals surface area contributed by atoms with Crippen molar-refractivity contribution in [2.24, 2.45) is 16.1 Å². The van der Waals surface area contributed by atoms with E-state index in [0.29, 0.717) is 54.0 Å². The first kappa shape index (κ1) is 38.6. The van der Waals surface area contributed by atoms with Crippen LogP contribution in [0.15, 0.2) is 125 Å². The number of hydrogen-bond donors (Lipinski definition) is 2. The van der Waals surface area contributed by atoms with Crippen LogP contribution >= 0.6 is 0 Å². The zero-order valence-electron chi connectivity index (χ0n) is 32.4. The largest absolute Gasteiger partial charge is 0.394 e. The van der Waals surface area contributed by atoms with Gasteiger partial charge in [0.25, 0.3) is 5.91 Å². The number of carbonyl (C=O) groups excluding carboxylic acids is 4. The lowest BCUT2D eigenvalue weighted by Crippen LogP contribution is -2.44. The molecule has 4 aromatic carbocycles. The van der Waals surface area contributed by atoms with Gasteiger partial charge in [-0.2, -0.15) is 10.2 Å². The first-order valence-corrected chi connectivity index (χ1v) is 19.9. The molecule has 0 radical (unpaired) electrons. The van der Waals surface area contributed by atoms with Crippen LogP contribution in [-0.4, -0.2) is 69.4 Å². The number of amides is 4. The van der Waals surface area contributed by atoms with Gasteiger partial charge in [-0.3, -0.25) is 19.2 Å². The Morgan fingerprint density at radius 3 is 2.05 bits per heavy atom. The summed E-state index contributed by atoms with van der Waals surface area (Å²) in [4.78, 5) is 57.5. The number of hydrazone groups is 2. The number of rotatable bonds is 11. The molecule has 12 heteroatoms. The Labute approximate surface area is 337 Å². The number of hydrogen-bond acceptors (Lipinski definition) is 8. The van der Waals surface area contributed by atoms with Crippen LogP contribution in [0.5, 0.6) is 0 Å². The Kier molecular flexibility index (Phi) is 10.9. The fourth-order valence-corrected chi connectivity index (χ4v) is 8.36. The fourth-order valence-electron chi connectivity index (χ4n) is 8.36. The van der Waals surface area contributed by atoms with Crippen molar-refractivity contribution in [1.29, 1.82) is 0 Å². The third kappa shape index (κ3) is 7.36. The van der Waals surface area contributed by atoms with Gasteiger partial charge in [0.15, 0.2) is 5.60 Å². The first-order valence-electron chi connectivity index (χ1n) is 19.9. The lowest BCUT2D eigenvalue weighted by molar-refractivity contribution is -0.139. The Bertz CT molecular complexity index is 2330. The molecule has 4 heterocycles. The molecule has 296 valence electrons. The number of aliphatic hydroxyl groups is 2. The molecule has 0 saturated carbocycles. The lowest BCUT2D eigenvalue weighted by Gasteiger charge is -2.29. The average molecular weight is 779 g/mol. The molecule has 8 rings (SSSR count). The molecule has 0 unspecified atom stereocenters. The van der Waals surface area contributed by atoms with Gasteiger partial charge in [-0.15, -0.1) is 0 Å². The summed E-state index contributed by atoms with van der Waals surface area (Å²) < 4.78 is 0. The van der Waals surface area contributed by atoms with Gasteiger partial charge in [-0.05, 0) is 59.9 Å². The predicted octanol–water partition coefficient (Wildman–Crippen LogP) is 6.05. The van der Waals surface area contributed by atoms with E-state index in [-0.39, 0.29) is 49.8 Å². The topological polar surface area (TPSA) is 146 Å². The van der Waals surface area contributed by atoms with Gasteiger partial charge in [-0.25, -0.2) is 10.0 Å². The summed E-state index contributed by atoms with van der Waals surface area (Å²) in [5.74, 6) is -1.83. The molecule has 3 atom stereocenters. The van der Waals surface area contributed by atoms with E-state index in [1.54, 1.807) is 48.2 Å². The molecular weight excluding hydrogens is 733 g/mol. The summed E-state index contributed by atoms with van der Waals surface area (Å²) in [5.41, 5.74) is 3.81. The molecule has 4 amide bonds. The van der Waals surface area contributed by atoms with Crippen LogP contribution in [0.4, 0.5) is 17.1 Å². The van der Waals surface area contributed by atoms with Crippen molar-refractivity contribution in [2.75, 3.05) is 28.1 Å². The quantitative estimate of drug-likeness (QED) is 0.178. The van der Waals surface area contributed by atoms with Crippen LogP contribution in [0, 0.1) is 5.92 Å². The van der Waals surface area contributed by atoms with E-state index in [2.05, 4.69) is 0 Å².